The Balaban J connectivity index is 1.83. The van der Waals surface area contributed by atoms with E-state index in [0.29, 0.717) is 19.6 Å². The molecule has 2 rings (SSSR count). The number of aliphatic hydroxyl groups is 1. The zero-order valence-electron chi connectivity index (χ0n) is 12.2. The molecular formula is C14H24N2O2S. The molecule has 1 fully saturated rings. The minimum Gasteiger partial charge on any atom is -0.388 e. The maximum Gasteiger partial charge on any atom is 0.0897 e. The molecule has 1 aliphatic rings. The van der Waals surface area contributed by atoms with E-state index in [9.17, 15) is 5.11 Å². The molecule has 2 N–H and O–H groups in total. The highest BCUT2D eigenvalue weighted by Crippen LogP contribution is 2.50. The Kier molecular flexibility index (Phi) is 4.30. The van der Waals surface area contributed by atoms with Crippen LogP contribution in [0.3, 0.4) is 0 Å². The lowest BCUT2D eigenvalue weighted by molar-refractivity contribution is -0.238. The van der Waals surface area contributed by atoms with Gasteiger partial charge in [-0.3, -0.25) is 0 Å². The third-order valence-electron chi connectivity index (χ3n) is 4.28. The Morgan fingerprint density at radius 1 is 1.58 bits per heavy atom. The lowest BCUT2D eigenvalue weighted by Gasteiger charge is -2.58. The van der Waals surface area contributed by atoms with Gasteiger partial charge in [-0.2, -0.15) is 0 Å². The van der Waals surface area contributed by atoms with Gasteiger partial charge in [0.1, 0.15) is 0 Å². The fraction of sp³-hybridized carbons (Fsp3) is 0.786. The molecule has 0 bridgehead atoms. The lowest BCUT2D eigenvalue weighted by atomic mass is 9.56. The second-order valence-corrected chi connectivity index (χ2v) is 7.17. The van der Waals surface area contributed by atoms with Crippen LogP contribution in [-0.2, 0) is 11.3 Å². The Morgan fingerprint density at radius 3 is 2.84 bits per heavy atom. The Bertz CT molecular complexity index is 433. The molecule has 5 heteroatoms. The zero-order chi connectivity index (χ0) is 14.1. The molecule has 1 saturated carbocycles. The third-order valence-corrected chi connectivity index (χ3v) is 5.19. The van der Waals surface area contributed by atoms with Crippen molar-refractivity contribution in [3.8, 4) is 0 Å². The van der Waals surface area contributed by atoms with Crippen LogP contribution in [0.5, 0.6) is 0 Å². The monoisotopic (exact) mass is 284 g/mol. The van der Waals surface area contributed by atoms with E-state index < -0.39 is 5.60 Å². The number of aromatic nitrogens is 1. The van der Waals surface area contributed by atoms with Crippen molar-refractivity contribution in [2.75, 3.05) is 13.2 Å². The SMILES string of the molecule is CCO[C@H]1C[C@](O)(CNCc2cnc(C)s2)C1(C)C. The van der Waals surface area contributed by atoms with Gasteiger partial charge >= 0.3 is 0 Å². The van der Waals surface area contributed by atoms with Crippen molar-refractivity contribution in [3.05, 3.63) is 16.1 Å². The van der Waals surface area contributed by atoms with E-state index in [2.05, 4.69) is 24.1 Å². The molecule has 19 heavy (non-hydrogen) atoms. The number of nitrogens with zero attached hydrogens (tertiary/aromatic N) is 1. The standard InChI is InChI=1S/C14H24N2O2S/c1-5-18-12-6-14(17,13(12,3)4)9-15-7-11-8-16-10(2)19-11/h8,12,15,17H,5-7,9H2,1-4H3/t12-,14-/m0/s1. The van der Waals surface area contributed by atoms with E-state index in [4.69, 9.17) is 4.74 Å². The maximum atomic E-state index is 10.7. The van der Waals surface area contributed by atoms with Crippen LogP contribution in [0.25, 0.3) is 0 Å². The summed E-state index contributed by atoms with van der Waals surface area (Å²) in [6.07, 6.45) is 2.77. The van der Waals surface area contributed by atoms with Crippen molar-refractivity contribution in [2.24, 2.45) is 5.41 Å². The zero-order valence-corrected chi connectivity index (χ0v) is 13.0. The summed E-state index contributed by atoms with van der Waals surface area (Å²) in [4.78, 5) is 5.43. The van der Waals surface area contributed by atoms with E-state index in [-0.39, 0.29) is 11.5 Å². The van der Waals surface area contributed by atoms with Crippen molar-refractivity contribution in [1.82, 2.24) is 10.3 Å². The van der Waals surface area contributed by atoms with E-state index in [1.165, 1.54) is 4.88 Å². The summed E-state index contributed by atoms with van der Waals surface area (Å²) in [7, 11) is 0. The minimum atomic E-state index is -0.674. The molecule has 0 radical (unpaired) electrons. The predicted octanol–water partition coefficient (Wildman–Crippen LogP) is 2.11. The number of hydrogen-bond donors (Lipinski definition) is 2. The van der Waals surface area contributed by atoms with Crippen LogP contribution >= 0.6 is 11.3 Å². The average molecular weight is 284 g/mol. The van der Waals surface area contributed by atoms with Gasteiger partial charge < -0.3 is 15.2 Å². The first-order chi connectivity index (χ1) is 8.89. The number of rotatable bonds is 6. The van der Waals surface area contributed by atoms with E-state index in [0.717, 1.165) is 11.6 Å². The topological polar surface area (TPSA) is 54.4 Å². The smallest absolute Gasteiger partial charge is 0.0897 e. The summed E-state index contributed by atoms with van der Waals surface area (Å²) in [5.74, 6) is 0. The summed E-state index contributed by atoms with van der Waals surface area (Å²) >= 11 is 1.69. The van der Waals surface area contributed by atoms with Gasteiger partial charge in [0, 0.05) is 42.6 Å². The van der Waals surface area contributed by atoms with Gasteiger partial charge in [0.2, 0.25) is 0 Å². The van der Waals surface area contributed by atoms with Crippen molar-refractivity contribution in [1.29, 1.82) is 0 Å². The molecular weight excluding hydrogens is 260 g/mol. The molecule has 0 saturated heterocycles. The second-order valence-electron chi connectivity index (χ2n) is 5.85. The number of ether oxygens (including phenoxy) is 1. The van der Waals surface area contributed by atoms with E-state index in [1.54, 1.807) is 11.3 Å². The van der Waals surface area contributed by atoms with Crippen LogP contribution in [0.1, 0.15) is 37.1 Å². The molecule has 1 heterocycles. The van der Waals surface area contributed by atoms with Gasteiger partial charge in [-0.1, -0.05) is 13.8 Å². The molecule has 2 atom stereocenters. The molecule has 0 unspecified atom stereocenters. The lowest BCUT2D eigenvalue weighted by Crippen LogP contribution is -2.68. The molecule has 1 aliphatic carbocycles. The summed E-state index contributed by atoms with van der Waals surface area (Å²) in [5, 5.41) is 15.1. The van der Waals surface area contributed by atoms with E-state index in [1.807, 2.05) is 20.0 Å². The first kappa shape index (κ1) is 14.9. The van der Waals surface area contributed by atoms with Crippen molar-refractivity contribution < 1.29 is 9.84 Å². The van der Waals surface area contributed by atoms with Crippen molar-refractivity contribution >= 4 is 11.3 Å². The molecule has 1 aromatic rings. The number of nitrogens with one attached hydrogen (secondary N) is 1. The van der Waals surface area contributed by atoms with Crippen LogP contribution in [0.15, 0.2) is 6.20 Å². The highest BCUT2D eigenvalue weighted by Gasteiger charge is 2.59. The molecule has 1 aromatic heterocycles. The van der Waals surface area contributed by atoms with E-state index >= 15 is 0 Å². The molecule has 0 aliphatic heterocycles. The predicted molar refractivity (Wildman–Crippen MR) is 77.3 cm³/mol. The summed E-state index contributed by atoms with van der Waals surface area (Å²) in [5.41, 5.74) is -0.869. The van der Waals surface area contributed by atoms with Crippen LogP contribution in [-0.4, -0.2) is 34.9 Å². The van der Waals surface area contributed by atoms with Crippen LogP contribution < -0.4 is 5.32 Å². The molecule has 0 spiro atoms. The first-order valence-corrected chi connectivity index (χ1v) is 7.67. The van der Waals surface area contributed by atoms with Gasteiger partial charge in [-0.05, 0) is 13.8 Å². The van der Waals surface area contributed by atoms with Crippen LogP contribution in [0, 0.1) is 12.3 Å². The number of aryl methyl sites for hydroxylation is 1. The fourth-order valence-electron chi connectivity index (χ4n) is 2.64. The van der Waals surface area contributed by atoms with Crippen molar-refractivity contribution in [2.45, 2.75) is 52.4 Å². The van der Waals surface area contributed by atoms with Crippen LogP contribution in [0.2, 0.25) is 0 Å². The fourth-order valence-corrected chi connectivity index (χ4v) is 3.41. The highest BCUT2D eigenvalue weighted by atomic mass is 32.1. The van der Waals surface area contributed by atoms with Gasteiger partial charge in [0.15, 0.2) is 0 Å². The van der Waals surface area contributed by atoms with Gasteiger partial charge in [0.05, 0.1) is 16.7 Å². The minimum absolute atomic E-state index is 0.162. The third kappa shape index (κ3) is 2.84. The molecule has 108 valence electrons. The second kappa shape index (κ2) is 5.48. The summed E-state index contributed by atoms with van der Waals surface area (Å²) < 4.78 is 5.66. The normalized spacial score (nSPS) is 29.2. The van der Waals surface area contributed by atoms with Gasteiger partial charge in [0.25, 0.3) is 0 Å². The number of thiazole rings is 1. The number of hydrogen-bond acceptors (Lipinski definition) is 5. The molecule has 4 nitrogen and oxygen atoms in total. The average Bonchev–Trinajstić information content (AvgIpc) is 2.75. The summed E-state index contributed by atoms with van der Waals surface area (Å²) in [6.45, 7) is 10.2. The highest BCUT2D eigenvalue weighted by molar-refractivity contribution is 7.11. The molecule has 0 aromatic carbocycles. The van der Waals surface area contributed by atoms with Gasteiger partial charge in [-0.15, -0.1) is 11.3 Å². The van der Waals surface area contributed by atoms with Crippen LogP contribution in [0.4, 0.5) is 0 Å². The molecule has 0 amide bonds. The maximum absolute atomic E-state index is 10.7. The quantitative estimate of drug-likeness (QED) is 0.840. The summed E-state index contributed by atoms with van der Waals surface area (Å²) in [6, 6.07) is 0. The first-order valence-electron chi connectivity index (χ1n) is 6.85. The Labute approximate surface area is 119 Å². The Hall–Kier alpha value is -0.490. The van der Waals surface area contributed by atoms with Crippen molar-refractivity contribution in [3.63, 3.8) is 0 Å². The Morgan fingerprint density at radius 2 is 2.32 bits per heavy atom. The largest absolute Gasteiger partial charge is 0.388 e. The van der Waals surface area contributed by atoms with Gasteiger partial charge in [-0.25, -0.2) is 4.98 Å².